The average Bonchev–Trinajstić information content (AvgIpc) is 3.46. The summed E-state index contributed by atoms with van der Waals surface area (Å²) < 4.78 is 22.8. The number of carbonyl (C=O) groups is 3. The minimum Gasteiger partial charge on any atom is -0.545 e. The Morgan fingerprint density at radius 2 is 0.687 bits per heavy atom. The Hall–Kier alpha value is -3.53. The number of esters is 2. The molecule has 0 rings (SSSR count). The topological polar surface area (TPSA) is 111 Å². The zero-order chi connectivity index (χ0) is 60.5. The van der Waals surface area contributed by atoms with Crippen molar-refractivity contribution in [1.82, 2.24) is 0 Å². The molecule has 0 saturated heterocycles. The number of carboxylic acid groups (broad SMARTS) is 1. The third-order valence-electron chi connectivity index (χ3n) is 15.2. The molecule has 0 aromatic carbocycles. The van der Waals surface area contributed by atoms with Crippen molar-refractivity contribution >= 4 is 17.9 Å². The summed E-state index contributed by atoms with van der Waals surface area (Å²) in [5, 5.41) is 11.8. The van der Waals surface area contributed by atoms with Crippen molar-refractivity contribution in [2.75, 3.05) is 47.5 Å². The molecule has 9 heteroatoms. The van der Waals surface area contributed by atoms with E-state index in [2.05, 4.69) is 98.9 Å². The number of unbranched alkanes of at least 4 members (excludes halogenated alkanes) is 35. The number of carboxylic acids is 1. The third-order valence-corrected chi connectivity index (χ3v) is 15.2. The fourth-order valence-electron chi connectivity index (χ4n) is 9.87. The number of nitrogens with zero attached hydrogens (tertiary/aromatic N) is 1. The molecule has 2 atom stereocenters. The van der Waals surface area contributed by atoms with Gasteiger partial charge >= 0.3 is 11.9 Å². The van der Waals surface area contributed by atoms with Crippen LogP contribution in [0, 0.1) is 0 Å². The first-order valence-corrected chi connectivity index (χ1v) is 34.7. The zero-order valence-corrected chi connectivity index (χ0v) is 54.8. The molecule has 83 heavy (non-hydrogen) atoms. The highest BCUT2D eigenvalue weighted by molar-refractivity contribution is 5.70. The van der Waals surface area contributed by atoms with Gasteiger partial charge in [-0.1, -0.05) is 311 Å². The van der Waals surface area contributed by atoms with E-state index in [1.165, 1.54) is 199 Å². The van der Waals surface area contributed by atoms with Crippen molar-refractivity contribution in [1.29, 1.82) is 0 Å². The number of likely N-dealkylation sites (N-methyl/N-ethyl adjacent to an activating group) is 1. The molecule has 0 fully saturated rings. The minimum atomic E-state index is -1.62. The van der Waals surface area contributed by atoms with Gasteiger partial charge in [-0.05, 0) is 70.6 Å². The number of rotatable bonds is 64. The quantitative estimate of drug-likeness (QED) is 0.0195. The van der Waals surface area contributed by atoms with Crippen molar-refractivity contribution in [3.63, 3.8) is 0 Å². The van der Waals surface area contributed by atoms with Crippen LogP contribution in [0.4, 0.5) is 0 Å². The fraction of sp³-hybridized carbons (Fsp3) is 0.770. The Morgan fingerprint density at radius 1 is 0.373 bits per heavy atom. The van der Waals surface area contributed by atoms with Gasteiger partial charge in [-0.15, -0.1) is 0 Å². The molecule has 0 heterocycles. The minimum absolute atomic E-state index is 0.149. The largest absolute Gasteiger partial charge is 0.545 e. The fourth-order valence-corrected chi connectivity index (χ4v) is 9.87. The van der Waals surface area contributed by atoms with E-state index >= 15 is 0 Å². The summed E-state index contributed by atoms with van der Waals surface area (Å²) >= 11 is 0. The number of ether oxygens (including phenoxy) is 4. The SMILES string of the molecule is CC/C=C\C/C=C\C/C=C\C/C=C\C/C=C\C/C=C\C/C=C\CCCCCCCCCCCCCCCCCCCCCC(=O)OC(COC(=O)CCCCCCCCCCCCCCCCCCC)COC(OCC[N+](C)(C)C)C(=O)[O-]. The molecule has 0 radical (unpaired) electrons. The Balaban J connectivity index is 4.00. The molecule has 0 aliphatic carbocycles. The monoisotopic (exact) mass is 1160 g/mol. The van der Waals surface area contributed by atoms with E-state index in [1.807, 2.05) is 21.1 Å². The second-order valence-electron chi connectivity index (χ2n) is 24.4. The summed E-state index contributed by atoms with van der Waals surface area (Å²) in [5.74, 6) is -2.26. The average molecular weight is 1160 g/mol. The van der Waals surface area contributed by atoms with Crippen molar-refractivity contribution in [2.24, 2.45) is 0 Å². The first-order valence-electron chi connectivity index (χ1n) is 34.7. The maximum Gasteiger partial charge on any atom is 0.306 e. The van der Waals surface area contributed by atoms with Crippen LogP contribution in [0.5, 0.6) is 0 Å². The highest BCUT2D eigenvalue weighted by Gasteiger charge is 2.22. The molecule has 0 saturated carbocycles. The van der Waals surface area contributed by atoms with Crippen LogP contribution in [0.25, 0.3) is 0 Å². The molecule has 0 spiro atoms. The number of allylic oxidation sites excluding steroid dienone is 14. The summed E-state index contributed by atoms with van der Waals surface area (Å²) in [6.45, 7) is 4.67. The summed E-state index contributed by atoms with van der Waals surface area (Å²) in [4.78, 5) is 37.4. The molecule has 9 nitrogen and oxygen atoms in total. The van der Waals surface area contributed by atoms with Crippen LogP contribution >= 0.6 is 0 Å². The van der Waals surface area contributed by atoms with Crippen molar-refractivity contribution in [3.05, 3.63) is 85.1 Å². The van der Waals surface area contributed by atoms with Crippen molar-refractivity contribution in [2.45, 2.75) is 322 Å². The van der Waals surface area contributed by atoms with Gasteiger partial charge in [0.15, 0.2) is 12.4 Å². The van der Waals surface area contributed by atoms with Crippen LogP contribution in [-0.2, 0) is 33.3 Å². The van der Waals surface area contributed by atoms with Gasteiger partial charge in [-0.25, -0.2) is 0 Å². The van der Waals surface area contributed by atoms with Gasteiger partial charge < -0.3 is 33.3 Å². The van der Waals surface area contributed by atoms with E-state index in [0.717, 1.165) is 77.0 Å². The predicted octanol–water partition coefficient (Wildman–Crippen LogP) is 20.1. The predicted molar refractivity (Wildman–Crippen MR) is 352 cm³/mol. The maximum absolute atomic E-state index is 12.9. The number of hydrogen-bond donors (Lipinski definition) is 0. The molecule has 0 amide bonds. The van der Waals surface area contributed by atoms with Gasteiger partial charge in [0.05, 0.1) is 40.3 Å². The molecule has 0 aliphatic rings. The summed E-state index contributed by atoms with van der Waals surface area (Å²) in [5.41, 5.74) is 0. The molecule has 2 unspecified atom stereocenters. The second-order valence-corrected chi connectivity index (χ2v) is 24.4. The highest BCUT2D eigenvalue weighted by atomic mass is 16.7. The zero-order valence-electron chi connectivity index (χ0n) is 54.8. The van der Waals surface area contributed by atoms with E-state index in [9.17, 15) is 19.5 Å². The molecule has 480 valence electrons. The molecule has 0 aromatic heterocycles. The lowest BCUT2D eigenvalue weighted by molar-refractivity contribution is -0.870. The Labute approximate surface area is 512 Å². The Bertz CT molecular complexity index is 1640. The van der Waals surface area contributed by atoms with Crippen LogP contribution in [0.2, 0.25) is 0 Å². The standard InChI is InChI=1S/C74H131NO8/c1-6-8-10-12-14-16-18-20-22-24-25-26-27-28-29-30-31-32-33-34-35-36-37-38-39-40-41-42-43-44-45-46-47-49-51-53-55-57-59-61-63-65-72(77)83-70(69-82-74(73(78)79)80-67-66-75(3,4)5)68-81-71(76)64-62-60-58-56-54-52-50-48-23-21-19-17-15-13-11-9-7-2/h8,10,14,16,20,22,25-26,28-29,31-32,34-35,70,74H,6-7,9,11-13,15,17-19,21,23-24,27,30,33,36-69H2,1-5H3/b10-8-,16-14-,22-20-,26-25-,29-28-,32-31-,35-34-. The van der Waals surface area contributed by atoms with Gasteiger partial charge in [0.2, 0.25) is 0 Å². The first-order chi connectivity index (χ1) is 40.6. The lowest BCUT2D eigenvalue weighted by Gasteiger charge is -2.26. The lowest BCUT2D eigenvalue weighted by atomic mass is 10.0. The summed E-state index contributed by atoms with van der Waals surface area (Å²) in [6.07, 6.45) is 83.8. The molecule has 0 aromatic rings. The van der Waals surface area contributed by atoms with Crippen molar-refractivity contribution in [3.8, 4) is 0 Å². The summed E-state index contributed by atoms with van der Waals surface area (Å²) in [7, 11) is 5.93. The first kappa shape index (κ1) is 79.5. The van der Waals surface area contributed by atoms with Crippen LogP contribution in [-0.4, -0.2) is 82.3 Å². The van der Waals surface area contributed by atoms with Gasteiger partial charge in [0, 0.05) is 12.8 Å². The molecular formula is C74H131NO8. The smallest absolute Gasteiger partial charge is 0.306 e. The molecule has 0 bridgehead atoms. The Kier molecular flexibility index (Phi) is 61.7. The number of carbonyl (C=O) groups excluding carboxylic acids is 3. The number of hydrogen-bond acceptors (Lipinski definition) is 8. The maximum atomic E-state index is 12.9. The van der Waals surface area contributed by atoms with Crippen LogP contribution in [0.1, 0.15) is 309 Å². The third kappa shape index (κ3) is 65.9. The Morgan fingerprint density at radius 3 is 1.02 bits per heavy atom. The van der Waals surface area contributed by atoms with E-state index < -0.39 is 24.3 Å². The van der Waals surface area contributed by atoms with Crippen molar-refractivity contribution < 1.29 is 42.9 Å². The van der Waals surface area contributed by atoms with E-state index in [1.54, 1.807) is 0 Å². The van der Waals surface area contributed by atoms with Crippen LogP contribution in [0.3, 0.4) is 0 Å². The van der Waals surface area contributed by atoms with Gasteiger partial charge in [0.1, 0.15) is 13.2 Å². The van der Waals surface area contributed by atoms with Gasteiger partial charge in [0.25, 0.3) is 0 Å². The number of aliphatic carboxylic acids is 1. The van der Waals surface area contributed by atoms with Crippen LogP contribution in [0.15, 0.2) is 85.1 Å². The van der Waals surface area contributed by atoms with Crippen LogP contribution < -0.4 is 5.11 Å². The van der Waals surface area contributed by atoms with E-state index in [0.29, 0.717) is 23.9 Å². The second kappa shape index (κ2) is 64.5. The molecule has 0 aliphatic heterocycles. The molecule has 0 N–H and O–H groups in total. The summed E-state index contributed by atoms with van der Waals surface area (Å²) in [6, 6.07) is 0. The van der Waals surface area contributed by atoms with E-state index in [-0.39, 0.29) is 32.2 Å². The van der Waals surface area contributed by atoms with Gasteiger partial charge in [-0.3, -0.25) is 9.59 Å². The van der Waals surface area contributed by atoms with Gasteiger partial charge in [-0.2, -0.15) is 0 Å². The number of quaternary nitrogens is 1. The highest BCUT2D eigenvalue weighted by Crippen LogP contribution is 2.18. The van der Waals surface area contributed by atoms with E-state index in [4.69, 9.17) is 18.9 Å². The molecular weight excluding hydrogens is 1030 g/mol. The lowest BCUT2D eigenvalue weighted by Crippen LogP contribution is -2.44. The normalized spacial score (nSPS) is 13.2.